The van der Waals surface area contributed by atoms with E-state index in [1.54, 1.807) is 0 Å². The molecule has 0 spiro atoms. The molecule has 0 saturated carbocycles. The normalized spacial score (nSPS) is 20.5. The fourth-order valence-corrected chi connectivity index (χ4v) is 1.86. The van der Waals surface area contributed by atoms with Crippen molar-refractivity contribution in [2.45, 2.75) is 32.3 Å². The molecular formula is C11H17N3O. The van der Waals surface area contributed by atoms with Crippen molar-refractivity contribution >= 4 is 5.82 Å². The van der Waals surface area contributed by atoms with Gasteiger partial charge in [0.15, 0.2) is 0 Å². The monoisotopic (exact) mass is 207 g/mol. The van der Waals surface area contributed by atoms with Gasteiger partial charge in [0.25, 0.3) is 0 Å². The Labute approximate surface area is 90.1 Å². The van der Waals surface area contributed by atoms with Gasteiger partial charge in [0.1, 0.15) is 11.6 Å². The lowest BCUT2D eigenvalue weighted by Crippen LogP contribution is -2.12. The number of anilines is 1. The van der Waals surface area contributed by atoms with Crippen LogP contribution in [0, 0.1) is 6.92 Å². The van der Waals surface area contributed by atoms with Gasteiger partial charge in [-0.05, 0) is 19.8 Å². The molecule has 1 aliphatic rings. The van der Waals surface area contributed by atoms with Gasteiger partial charge in [-0.25, -0.2) is 9.97 Å². The second kappa shape index (κ2) is 4.57. The van der Waals surface area contributed by atoms with E-state index in [4.69, 9.17) is 4.74 Å². The average Bonchev–Trinajstić information content (AvgIpc) is 2.69. The molecule has 1 atom stereocenters. The highest BCUT2D eigenvalue weighted by atomic mass is 16.5. The first-order chi connectivity index (χ1) is 7.28. The highest BCUT2D eigenvalue weighted by Crippen LogP contribution is 2.16. The van der Waals surface area contributed by atoms with Crippen molar-refractivity contribution in [1.82, 2.24) is 9.97 Å². The van der Waals surface area contributed by atoms with E-state index in [1.807, 2.05) is 20.0 Å². The number of hydrogen-bond donors (Lipinski definition) is 1. The molecule has 0 amide bonds. The van der Waals surface area contributed by atoms with E-state index < -0.39 is 0 Å². The molecule has 1 N–H and O–H groups in total. The number of aryl methyl sites for hydroxylation is 1. The minimum atomic E-state index is 0.316. The van der Waals surface area contributed by atoms with E-state index in [2.05, 4.69) is 15.3 Å². The van der Waals surface area contributed by atoms with Gasteiger partial charge >= 0.3 is 0 Å². The van der Waals surface area contributed by atoms with E-state index in [0.29, 0.717) is 6.10 Å². The standard InChI is InChI=1S/C11H17N3O/c1-8-6-10(12-2)14-11(13-8)7-9-4-3-5-15-9/h6,9H,3-5,7H2,1-2H3,(H,12,13,14). The van der Waals surface area contributed by atoms with Gasteiger partial charge in [0, 0.05) is 31.8 Å². The van der Waals surface area contributed by atoms with Gasteiger partial charge in [-0.1, -0.05) is 0 Å². The molecule has 1 unspecified atom stereocenters. The molecule has 0 aliphatic carbocycles. The third-order valence-electron chi connectivity index (χ3n) is 2.59. The number of aromatic nitrogens is 2. The Bertz CT molecular complexity index is 335. The summed E-state index contributed by atoms with van der Waals surface area (Å²) in [4.78, 5) is 8.83. The molecule has 15 heavy (non-hydrogen) atoms. The van der Waals surface area contributed by atoms with E-state index in [1.165, 1.54) is 0 Å². The van der Waals surface area contributed by atoms with Crippen LogP contribution in [0.15, 0.2) is 6.07 Å². The summed E-state index contributed by atoms with van der Waals surface area (Å²) in [6.45, 7) is 2.87. The molecule has 1 aromatic rings. The van der Waals surface area contributed by atoms with Crippen molar-refractivity contribution in [3.8, 4) is 0 Å². The van der Waals surface area contributed by atoms with Gasteiger partial charge in [-0.3, -0.25) is 0 Å². The topological polar surface area (TPSA) is 47.0 Å². The smallest absolute Gasteiger partial charge is 0.133 e. The first-order valence-corrected chi connectivity index (χ1v) is 5.42. The van der Waals surface area contributed by atoms with Crippen molar-refractivity contribution in [1.29, 1.82) is 0 Å². The summed E-state index contributed by atoms with van der Waals surface area (Å²) in [7, 11) is 1.87. The molecule has 2 heterocycles. The zero-order valence-corrected chi connectivity index (χ0v) is 9.29. The number of hydrogen-bond acceptors (Lipinski definition) is 4. The van der Waals surface area contributed by atoms with Crippen LogP contribution in [0.2, 0.25) is 0 Å². The van der Waals surface area contributed by atoms with Crippen LogP contribution in [0.25, 0.3) is 0 Å². The summed E-state index contributed by atoms with van der Waals surface area (Å²) < 4.78 is 5.57. The van der Waals surface area contributed by atoms with Crippen LogP contribution in [0.1, 0.15) is 24.4 Å². The summed E-state index contributed by atoms with van der Waals surface area (Å²) in [6.07, 6.45) is 3.44. The third-order valence-corrected chi connectivity index (χ3v) is 2.59. The van der Waals surface area contributed by atoms with E-state index >= 15 is 0 Å². The SMILES string of the molecule is CNc1cc(C)nc(CC2CCCO2)n1. The summed E-state index contributed by atoms with van der Waals surface area (Å²) >= 11 is 0. The molecule has 1 aliphatic heterocycles. The second-order valence-electron chi connectivity index (χ2n) is 3.90. The average molecular weight is 207 g/mol. The van der Waals surface area contributed by atoms with Crippen molar-refractivity contribution in [2.75, 3.05) is 19.0 Å². The maximum absolute atomic E-state index is 5.57. The summed E-state index contributed by atoms with van der Waals surface area (Å²) in [6, 6.07) is 1.94. The van der Waals surface area contributed by atoms with Crippen molar-refractivity contribution in [3.05, 3.63) is 17.6 Å². The number of rotatable bonds is 3. The molecule has 0 radical (unpaired) electrons. The fraction of sp³-hybridized carbons (Fsp3) is 0.636. The zero-order valence-electron chi connectivity index (χ0n) is 9.29. The molecule has 0 aromatic carbocycles. The molecule has 1 fully saturated rings. The zero-order chi connectivity index (χ0) is 10.7. The summed E-state index contributed by atoms with van der Waals surface area (Å²) in [5.41, 5.74) is 1.00. The Balaban J connectivity index is 2.09. The minimum Gasteiger partial charge on any atom is -0.378 e. The van der Waals surface area contributed by atoms with Crippen molar-refractivity contribution < 1.29 is 4.74 Å². The lowest BCUT2D eigenvalue weighted by Gasteiger charge is -2.09. The van der Waals surface area contributed by atoms with Crippen molar-refractivity contribution in [2.24, 2.45) is 0 Å². The number of nitrogens with zero attached hydrogens (tertiary/aromatic N) is 2. The lowest BCUT2D eigenvalue weighted by atomic mass is 10.2. The van der Waals surface area contributed by atoms with Crippen molar-refractivity contribution in [3.63, 3.8) is 0 Å². The highest BCUT2D eigenvalue weighted by Gasteiger charge is 2.17. The first kappa shape index (κ1) is 10.4. The number of ether oxygens (including phenoxy) is 1. The van der Waals surface area contributed by atoms with Crippen LogP contribution in [-0.2, 0) is 11.2 Å². The van der Waals surface area contributed by atoms with Gasteiger partial charge < -0.3 is 10.1 Å². The minimum absolute atomic E-state index is 0.316. The fourth-order valence-electron chi connectivity index (χ4n) is 1.86. The second-order valence-corrected chi connectivity index (χ2v) is 3.90. The van der Waals surface area contributed by atoms with Gasteiger partial charge in [-0.15, -0.1) is 0 Å². The Morgan fingerprint density at radius 1 is 1.53 bits per heavy atom. The van der Waals surface area contributed by atoms with Gasteiger partial charge in [0.05, 0.1) is 6.10 Å². The maximum atomic E-state index is 5.57. The number of nitrogens with one attached hydrogen (secondary N) is 1. The van der Waals surface area contributed by atoms with Crippen LogP contribution in [0.3, 0.4) is 0 Å². The molecule has 82 valence electrons. The van der Waals surface area contributed by atoms with Gasteiger partial charge in [-0.2, -0.15) is 0 Å². The largest absolute Gasteiger partial charge is 0.378 e. The molecule has 1 saturated heterocycles. The first-order valence-electron chi connectivity index (χ1n) is 5.42. The predicted molar refractivity (Wildman–Crippen MR) is 59.0 cm³/mol. The van der Waals surface area contributed by atoms with E-state index in [9.17, 15) is 0 Å². The molecule has 4 nitrogen and oxygen atoms in total. The predicted octanol–water partition coefficient (Wildman–Crippen LogP) is 1.55. The summed E-state index contributed by atoms with van der Waals surface area (Å²) in [5.74, 6) is 1.77. The maximum Gasteiger partial charge on any atom is 0.133 e. The van der Waals surface area contributed by atoms with E-state index in [0.717, 1.165) is 43.2 Å². The molecular weight excluding hydrogens is 190 g/mol. The Hall–Kier alpha value is -1.16. The lowest BCUT2D eigenvalue weighted by molar-refractivity contribution is 0.110. The molecule has 1 aromatic heterocycles. The van der Waals surface area contributed by atoms with Crippen LogP contribution >= 0.6 is 0 Å². The molecule has 4 heteroatoms. The molecule has 2 rings (SSSR count). The van der Waals surface area contributed by atoms with Crippen LogP contribution in [0.4, 0.5) is 5.82 Å². The van der Waals surface area contributed by atoms with E-state index in [-0.39, 0.29) is 0 Å². The Morgan fingerprint density at radius 2 is 2.40 bits per heavy atom. The molecule has 0 bridgehead atoms. The third kappa shape index (κ3) is 2.65. The van der Waals surface area contributed by atoms with Crippen LogP contribution in [-0.4, -0.2) is 29.7 Å². The quantitative estimate of drug-likeness (QED) is 0.817. The Morgan fingerprint density at radius 3 is 3.07 bits per heavy atom. The van der Waals surface area contributed by atoms with Gasteiger partial charge in [0.2, 0.25) is 0 Å². The van der Waals surface area contributed by atoms with Crippen LogP contribution < -0.4 is 5.32 Å². The Kier molecular flexibility index (Phi) is 3.16. The van der Waals surface area contributed by atoms with Crippen LogP contribution in [0.5, 0.6) is 0 Å². The highest BCUT2D eigenvalue weighted by molar-refractivity contribution is 5.34. The summed E-state index contributed by atoms with van der Waals surface area (Å²) in [5, 5.41) is 3.04.